The predicted octanol–water partition coefficient (Wildman–Crippen LogP) is 3.28. The van der Waals surface area contributed by atoms with Crippen LogP contribution in [0.15, 0.2) is 47.4 Å². The molecule has 3 N–H and O–H groups in total. The Balaban J connectivity index is 2.27. The molecule has 134 valence electrons. The Labute approximate surface area is 147 Å². The van der Waals surface area contributed by atoms with Crippen LogP contribution in [-0.2, 0) is 14.6 Å². The summed E-state index contributed by atoms with van der Waals surface area (Å²) in [5, 5.41) is 14.6. The van der Waals surface area contributed by atoms with Crippen molar-refractivity contribution in [1.29, 1.82) is 0 Å². The van der Waals surface area contributed by atoms with Crippen molar-refractivity contribution in [3.05, 3.63) is 48.0 Å². The van der Waals surface area contributed by atoms with Gasteiger partial charge >= 0.3 is 0 Å². The maximum absolute atomic E-state index is 12.8. The van der Waals surface area contributed by atoms with E-state index < -0.39 is 15.2 Å². The maximum atomic E-state index is 12.8. The summed E-state index contributed by atoms with van der Waals surface area (Å²) in [6, 6.07) is 11.3. The third kappa shape index (κ3) is 4.51. The number of carbonyl (C=O) groups excluding carboxylic acids is 1. The highest BCUT2D eigenvalue weighted by atomic mass is 32.2. The number of aryl methyl sites for hydroxylation is 1. The van der Waals surface area contributed by atoms with Crippen LogP contribution in [0.4, 0.5) is 11.4 Å². The molecule has 2 rings (SSSR count). The van der Waals surface area contributed by atoms with Crippen LogP contribution in [0.2, 0.25) is 0 Å². The first-order chi connectivity index (χ1) is 11.7. The summed E-state index contributed by atoms with van der Waals surface area (Å²) in [5.74, 6) is -0.438. The zero-order chi connectivity index (χ0) is 18.6. The van der Waals surface area contributed by atoms with E-state index in [2.05, 4.69) is 10.6 Å². The summed E-state index contributed by atoms with van der Waals surface area (Å²) in [7, 11) is -3.58. The molecule has 0 aliphatic carbocycles. The topological polar surface area (TPSA) is 95.5 Å². The fraction of sp³-hybridized carbons (Fsp3) is 0.278. The van der Waals surface area contributed by atoms with E-state index in [9.17, 15) is 18.3 Å². The molecule has 0 fully saturated rings. The van der Waals surface area contributed by atoms with Gasteiger partial charge in [0.15, 0.2) is 9.84 Å². The van der Waals surface area contributed by atoms with Gasteiger partial charge in [0.05, 0.1) is 10.6 Å². The minimum Gasteiger partial charge on any atom is -0.506 e. The van der Waals surface area contributed by atoms with E-state index in [-0.39, 0.29) is 22.2 Å². The number of sulfone groups is 1. The highest BCUT2D eigenvalue weighted by Crippen LogP contribution is 2.29. The number of benzene rings is 2. The molecule has 0 saturated heterocycles. The van der Waals surface area contributed by atoms with Gasteiger partial charge in [-0.25, -0.2) is 8.42 Å². The number of rotatable bonds is 6. The Hall–Kier alpha value is -2.54. The van der Waals surface area contributed by atoms with Gasteiger partial charge in [0.25, 0.3) is 0 Å². The van der Waals surface area contributed by atoms with Crippen LogP contribution in [-0.4, -0.2) is 24.8 Å². The van der Waals surface area contributed by atoms with E-state index in [4.69, 9.17) is 0 Å². The number of nitrogens with one attached hydrogen (secondary N) is 2. The van der Waals surface area contributed by atoms with E-state index in [0.29, 0.717) is 12.1 Å². The molecular weight excluding hydrogens is 340 g/mol. The van der Waals surface area contributed by atoms with Gasteiger partial charge < -0.3 is 15.7 Å². The minimum atomic E-state index is -3.58. The van der Waals surface area contributed by atoms with Gasteiger partial charge in [-0.15, -0.1) is 0 Å². The first kappa shape index (κ1) is 18.8. The largest absolute Gasteiger partial charge is 0.506 e. The lowest BCUT2D eigenvalue weighted by atomic mass is 10.2. The lowest BCUT2D eigenvalue weighted by Crippen LogP contribution is -2.29. The second-order valence-corrected chi connectivity index (χ2v) is 7.95. The second-order valence-electron chi connectivity index (χ2n) is 5.82. The zero-order valence-corrected chi connectivity index (χ0v) is 15.2. The van der Waals surface area contributed by atoms with Crippen molar-refractivity contribution in [2.75, 3.05) is 10.6 Å². The van der Waals surface area contributed by atoms with Crippen LogP contribution in [0.1, 0.15) is 25.8 Å². The van der Waals surface area contributed by atoms with Gasteiger partial charge in [-0.2, -0.15) is 0 Å². The summed E-state index contributed by atoms with van der Waals surface area (Å²) in [6.45, 7) is 4.95. The van der Waals surface area contributed by atoms with E-state index >= 15 is 0 Å². The zero-order valence-electron chi connectivity index (χ0n) is 14.4. The quantitative estimate of drug-likeness (QED) is 0.686. The second kappa shape index (κ2) is 7.57. The average molecular weight is 362 g/mol. The molecular formula is C18H22N2O4S. The van der Waals surface area contributed by atoms with Crippen molar-refractivity contribution in [3.63, 3.8) is 0 Å². The first-order valence-electron chi connectivity index (χ1n) is 7.91. The molecule has 0 heterocycles. The van der Waals surface area contributed by atoms with Crippen molar-refractivity contribution in [2.24, 2.45) is 0 Å². The molecule has 2 aromatic carbocycles. The molecule has 7 heteroatoms. The van der Waals surface area contributed by atoms with Gasteiger partial charge in [0, 0.05) is 18.7 Å². The van der Waals surface area contributed by atoms with Gasteiger partial charge in [-0.05, 0) is 43.2 Å². The van der Waals surface area contributed by atoms with Gasteiger partial charge in [0.1, 0.15) is 11.1 Å². The summed E-state index contributed by atoms with van der Waals surface area (Å²) in [6.07, 6.45) is 0.352. The molecule has 0 spiro atoms. The molecule has 0 aliphatic heterocycles. The van der Waals surface area contributed by atoms with E-state index in [1.54, 1.807) is 31.2 Å². The summed E-state index contributed by atoms with van der Waals surface area (Å²) in [4.78, 5) is 11.3. The molecule has 1 unspecified atom stereocenters. The van der Waals surface area contributed by atoms with Crippen LogP contribution in [0.25, 0.3) is 0 Å². The number of hydrogen-bond acceptors (Lipinski definition) is 5. The summed E-state index contributed by atoms with van der Waals surface area (Å²) < 4.78 is 25.7. The molecule has 0 aromatic heterocycles. The van der Waals surface area contributed by atoms with Crippen molar-refractivity contribution >= 4 is 27.1 Å². The normalized spacial score (nSPS) is 12.4. The number of hydrogen-bond donors (Lipinski definition) is 3. The van der Waals surface area contributed by atoms with Gasteiger partial charge in [0.2, 0.25) is 5.91 Å². The number of aromatic hydroxyl groups is 1. The van der Waals surface area contributed by atoms with Crippen LogP contribution in [0, 0.1) is 6.92 Å². The monoisotopic (exact) mass is 362 g/mol. The Morgan fingerprint density at radius 1 is 1.20 bits per heavy atom. The molecule has 25 heavy (non-hydrogen) atoms. The van der Waals surface area contributed by atoms with Crippen molar-refractivity contribution in [1.82, 2.24) is 0 Å². The Morgan fingerprint density at radius 3 is 2.48 bits per heavy atom. The third-order valence-electron chi connectivity index (χ3n) is 3.70. The lowest BCUT2D eigenvalue weighted by Gasteiger charge is -2.20. The number of carbonyl (C=O) groups is 1. The molecule has 2 aromatic rings. The summed E-state index contributed by atoms with van der Waals surface area (Å²) >= 11 is 0. The van der Waals surface area contributed by atoms with Crippen molar-refractivity contribution in [3.8, 4) is 5.75 Å². The lowest BCUT2D eigenvalue weighted by molar-refractivity contribution is -0.114. The Bertz CT molecular complexity index is 878. The average Bonchev–Trinajstić information content (AvgIpc) is 2.54. The summed E-state index contributed by atoms with van der Waals surface area (Å²) in [5.41, 5.74) is 1.59. The van der Waals surface area contributed by atoms with Crippen LogP contribution in [0.3, 0.4) is 0 Å². The number of anilines is 2. The van der Waals surface area contributed by atoms with Crippen LogP contribution >= 0.6 is 0 Å². The molecule has 1 amide bonds. The molecule has 0 aliphatic rings. The number of phenols is 1. The fourth-order valence-corrected chi connectivity index (χ4v) is 4.14. The Kier molecular flexibility index (Phi) is 5.69. The molecule has 0 bridgehead atoms. The smallest absolute Gasteiger partial charge is 0.221 e. The fourth-order valence-electron chi connectivity index (χ4n) is 2.46. The van der Waals surface area contributed by atoms with Crippen LogP contribution in [0.5, 0.6) is 5.75 Å². The standard InChI is InChI=1S/C18H22N2O4S/c1-4-18(25(23,24)15-7-5-6-12(2)10-15)20-14-8-9-16(17(22)11-14)19-13(3)21/h5-11,18,20,22H,4H2,1-3H3,(H,19,21). The number of phenolic OH excluding ortho intramolecular Hbond substituents is 1. The molecule has 0 radical (unpaired) electrons. The highest BCUT2D eigenvalue weighted by molar-refractivity contribution is 7.92. The van der Waals surface area contributed by atoms with Crippen LogP contribution < -0.4 is 10.6 Å². The predicted molar refractivity (Wildman–Crippen MR) is 98.5 cm³/mol. The molecule has 1 atom stereocenters. The molecule has 0 saturated carbocycles. The highest BCUT2D eigenvalue weighted by Gasteiger charge is 2.26. The van der Waals surface area contributed by atoms with E-state index in [1.165, 1.54) is 19.1 Å². The Morgan fingerprint density at radius 2 is 1.92 bits per heavy atom. The van der Waals surface area contributed by atoms with E-state index in [0.717, 1.165) is 5.56 Å². The van der Waals surface area contributed by atoms with Gasteiger partial charge in [-0.1, -0.05) is 19.1 Å². The first-order valence-corrected chi connectivity index (χ1v) is 9.46. The van der Waals surface area contributed by atoms with E-state index in [1.807, 2.05) is 13.0 Å². The van der Waals surface area contributed by atoms with Crippen molar-refractivity contribution in [2.45, 2.75) is 37.5 Å². The van der Waals surface area contributed by atoms with Crippen molar-refractivity contribution < 1.29 is 18.3 Å². The SMILES string of the molecule is CCC(Nc1ccc(NC(C)=O)c(O)c1)S(=O)(=O)c1cccc(C)c1. The minimum absolute atomic E-state index is 0.136. The third-order valence-corrected chi connectivity index (χ3v) is 5.81. The maximum Gasteiger partial charge on any atom is 0.221 e. The van der Waals surface area contributed by atoms with Gasteiger partial charge in [-0.3, -0.25) is 4.79 Å². The number of amides is 1. The molecule has 6 nitrogen and oxygen atoms in total.